The minimum Gasteiger partial charge on any atom is -0.388 e. The molecule has 2 unspecified atom stereocenters. The van der Waals surface area contributed by atoms with Crippen molar-refractivity contribution in [1.82, 2.24) is 19.5 Å². The number of nitrogens with two attached hydrogens (primary N) is 1. The molecule has 0 bridgehead atoms. The number of anilines is 1. The summed E-state index contributed by atoms with van der Waals surface area (Å²) in [5, 5.41) is 9.59. The first kappa shape index (κ1) is 20.6. The van der Waals surface area contributed by atoms with Crippen LogP contribution in [-0.2, 0) is 29.4 Å². The molecule has 146 valence electrons. The predicted molar refractivity (Wildman–Crippen MR) is 83.4 cm³/mol. The molecule has 2 aromatic heterocycles. The Morgan fingerprint density at radius 2 is 2.00 bits per heavy atom. The molecule has 0 aliphatic heterocycles. The summed E-state index contributed by atoms with van der Waals surface area (Å²) in [6, 6.07) is 0. The van der Waals surface area contributed by atoms with E-state index in [0.29, 0.717) is 0 Å². The van der Waals surface area contributed by atoms with Gasteiger partial charge in [-0.25, -0.2) is 14.1 Å². The molecular weight excluding hydrogens is 400 g/mol. The largest absolute Gasteiger partial charge is 0.481 e. The SMILES string of the molecule is Nc1nc2c(ncn2COCC(O)COP(=O)(O)OP(=O)(O)O)c(=O)[nH]1. The molecule has 17 heteroatoms. The molecule has 2 atom stereocenters. The Hall–Kier alpha value is -1.67. The normalized spacial score (nSPS) is 15.8. The minimum absolute atomic E-state index is 0.0301. The molecule has 0 saturated carbocycles. The molecule has 2 aromatic rings. The van der Waals surface area contributed by atoms with Crippen LogP contribution in [0.15, 0.2) is 11.1 Å². The number of imidazole rings is 1. The van der Waals surface area contributed by atoms with E-state index in [1.165, 1.54) is 10.9 Å². The Labute approximate surface area is 144 Å². The number of aliphatic hydroxyl groups excluding tert-OH is 1. The number of hydrogen-bond donors (Lipinski definition) is 6. The highest BCUT2D eigenvalue weighted by Crippen LogP contribution is 2.57. The van der Waals surface area contributed by atoms with Crippen molar-refractivity contribution in [2.75, 3.05) is 18.9 Å². The third kappa shape index (κ3) is 5.95. The van der Waals surface area contributed by atoms with E-state index in [0.717, 1.165) is 0 Å². The Balaban J connectivity index is 1.85. The van der Waals surface area contributed by atoms with Crippen LogP contribution in [-0.4, -0.2) is 58.6 Å². The summed E-state index contributed by atoms with van der Waals surface area (Å²) in [4.78, 5) is 47.5. The number of ether oxygens (including phenoxy) is 1. The Bertz CT molecular complexity index is 921. The second-order valence-electron chi connectivity index (χ2n) is 4.83. The fourth-order valence-corrected chi connectivity index (χ4v) is 3.36. The summed E-state index contributed by atoms with van der Waals surface area (Å²) in [5.74, 6) is -0.124. The van der Waals surface area contributed by atoms with Gasteiger partial charge in [0.15, 0.2) is 11.2 Å². The van der Waals surface area contributed by atoms with Crippen molar-refractivity contribution >= 4 is 32.8 Å². The number of hydrogen-bond acceptors (Lipinski definition) is 10. The molecule has 0 radical (unpaired) electrons. The van der Waals surface area contributed by atoms with Gasteiger partial charge in [-0.2, -0.15) is 9.29 Å². The lowest BCUT2D eigenvalue weighted by Gasteiger charge is -2.15. The zero-order valence-corrected chi connectivity index (χ0v) is 14.6. The maximum atomic E-state index is 11.6. The molecule has 15 nitrogen and oxygen atoms in total. The first-order valence-corrected chi connectivity index (χ1v) is 9.70. The number of rotatable bonds is 9. The molecule has 7 N–H and O–H groups in total. The highest BCUT2D eigenvalue weighted by atomic mass is 31.3. The van der Waals surface area contributed by atoms with Gasteiger partial charge in [0.1, 0.15) is 12.8 Å². The number of phosphoric acid groups is 2. The van der Waals surface area contributed by atoms with Gasteiger partial charge in [0.2, 0.25) is 5.95 Å². The van der Waals surface area contributed by atoms with Crippen LogP contribution in [0.5, 0.6) is 0 Å². The van der Waals surface area contributed by atoms with Crippen molar-refractivity contribution in [2.45, 2.75) is 12.8 Å². The van der Waals surface area contributed by atoms with Crippen LogP contribution in [0, 0.1) is 0 Å². The van der Waals surface area contributed by atoms with Gasteiger partial charge in [-0.3, -0.25) is 18.9 Å². The molecule has 26 heavy (non-hydrogen) atoms. The second-order valence-corrected chi connectivity index (χ2v) is 7.66. The first-order valence-electron chi connectivity index (χ1n) is 6.67. The number of fused-ring (bicyclic) bond motifs is 1. The smallest absolute Gasteiger partial charge is 0.388 e. The molecule has 2 heterocycles. The van der Waals surface area contributed by atoms with Crippen molar-refractivity contribution in [3.05, 3.63) is 16.7 Å². The highest BCUT2D eigenvalue weighted by molar-refractivity contribution is 7.60. The Morgan fingerprint density at radius 3 is 2.65 bits per heavy atom. The molecule has 0 aliphatic rings. The number of phosphoric ester groups is 1. The predicted octanol–water partition coefficient (Wildman–Crippen LogP) is -1.74. The maximum absolute atomic E-state index is 11.6. The summed E-state index contributed by atoms with van der Waals surface area (Å²) in [7, 11) is -10.3. The second kappa shape index (κ2) is 7.92. The minimum atomic E-state index is -5.24. The van der Waals surface area contributed by atoms with Crippen LogP contribution in [0.3, 0.4) is 0 Å². The summed E-state index contributed by atoms with van der Waals surface area (Å²) in [5.41, 5.74) is 5.07. The van der Waals surface area contributed by atoms with Crippen LogP contribution in [0.1, 0.15) is 0 Å². The van der Waals surface area contributed by atoms with E-state index in [1.54, 1.807) is 0 Å². The van der Waals surface area contributed by atoms with Crippen molar-refractivity contribution in [2.24, 2.45) is 0 Å². The average Bonchev–Trinajstić information content (AvgIpc) is 2.86. The summed E-state index contributed by atoms with van der Waals surface area (Å²) < 4.78 is 35.9. The van der Waals surface area contributed by atoms with E-state index in [1.807, 2.05) is 0 Å². The molecule has 0 aliphatic carbocycles. The molecular formula is C9H15N5O10P2. The van der Waals surface area contributed by atoms with Gasteiger partial charge in [-0.15, -0.1) is 0 Å². The van der Waals surface area contributed by atoms with E-state index >= 15 is 0 Å². The number of nitrogens with one attached hydrogen (secondary N) is 1. The number of aromatic amines is 1. The van der Waals surface area contributed by atoms with E-state index < -0.39 is 40.5 Å². The molecule has 0 amide bonds. The average molecular weight is 415 g/mol. The maximum Gasteiger partial charge on any atom is 0.481 e. The topological polar surface area (TPSA) is 232 Å². The summed E-state index contributed by atoms with van der Waals surface area (Å²) in [6.07, 6.45) is -0.169. The molecule has 0 saturated heterocycles. The van der Waals surface area contributed by atoms with Gasteiger partial charge < -0.3 is 30.3 Å². The van der Waals surface area contributed by atoms with E-state index in [2.05, 4.69) is 23.8 Å². The van der Waals surface area contributed by atoms with Crippen LogP contribution in [0.4, 0.5) is 5.95 Å². The highest BCUT2D eigenvalue weighted by Gasteiger charge is 2.32. The van der Waals surface area contributed by atoms with Crippen molar-refractivity contribution in [3.8, 4) is 0 Å². The lowest BCUT2D eigenvalue weighted by atomic mass is 10.4. The quantitative estimate of drug-likeness (QED) is 0.250. The van der Waals surface area contributed by atoms with Gasteiger partial charge in [0.25, 0.3) is 5.56 Å². The van der Waals surface area contributed by atoms with Crippen LogP contribution in [0.2, 0.25) is 0 Å². The standard InChI is InChI=1S/C9H15N5O10P2/c10-9-12-7-6(8(16)13-9)11-3-14(7)4-22-1-5(15)2-23-26(20,21)24-25(17,18)19/h3,5,15H,1-2,4H2,(H,20,21)(H2,17,18,19)(H3,10,12,13,16). The monoisotopic (exact) mass is 415 g/mol. The van der Waals surface area contributed by atoms with E-state index in [9.17, 15) is 19.0 Å². The fraction of sp³-hybridized carbons (Fsp3) is 0.444. The Morgan fingerprint density at radius 1 is 1.31 bits per heavy atom. The van der Waals surface area contributed by atoms with Crippen LogP contribution >= 0.6 is 15.6 Å². The molecule has 0 aromatic carbocycles. The molecule has 2 rings (SSSR count). The third-order valence-corrected chi connectivity index (χ3v) is 4.83. The summed E-state index contributed by atoms with van der Waals surface area (Å²) in [6.45, 7) is -1.39. The summed E-state index contributed by atoms with van der Waals surface area (Å²) >= 11 is 0. The Kier molecular flexibility index (Phi) is 6.29. The number of H-pyrrole nitrogens is 1. The van der Waals surface area contributed by atoms with Crippen molar-refractivity contribution in [3.63, 3.8) is 0 Å². The van der Waals surface area contributed by atoms with E-state index in [-0.39, 0.29) is 23.8 Å². The van der Waals surface area contributed by atoms with Crippen LogP contribution in [0.25, 0.3) is 11.2 Å². The van der Waals surface area contributed by atoms with E-state index in [4.69, 9.17) is 25.2 Å². The van der Waals surface area contributed by atoms with Gasteiger partial charge in [-0.1, -0.05) is 0 Å². The number of aliphatic hydroxyl groups is 1. The lowest BCUT2D eigenvalue weighted by molar-refractivity contribution is -0.0161. The van der Waals surface area contributed by atoms with Crippen LogP contribution < -0.4 is 11.3 Å². The zero-order valence-electron chi connectivity index (χ0n) is 12.8. The number of aromatic nitrogens is 4. The van der Waals surface area contributed by atoms with Gasteiger partial charge >= 0.3 is 15.6 Å². The van der Waals surface area contributed by atoms with Crippen molar-refractivity contribution in [1.29, 1.82) is 0 Å². The van der Waals surface area contributed by atoms with Gasteiger partial charge in [0, 0.05) is 0 Å². The molecule has 0 spiro atoms. The van der Waals surface area contributed by atoms with Gasteiger partial charge in [-0.05, 0) is 0 Å². The lowest BCUT2D eigenvalue weighted by Crippen LogP contribution is -2.22. The van der Waals surface area contributed by atoms with Gasteiger partial charge in [0.05, 0.1) is 19.5 Å². The number of nitrogen functional groups attached to an aromatic ring is 1. The van der Waals surface area contributed by atoms with Crippen molar-refractivity contribution < 1.29 is 42.5 Å². The third-order valence-electron chi connectivity index (χ3n) is 2.67. The zero-order chi connectivity index (χ0) is 19.5. The first-order chi connectivity index (χ1) is 12.0. The molecule has 0 fully saturated rings. The number of nitrogens with zero attached hydrogens (tertiary/aromatic N) is 3. The fourth-order valence-electron chi connectivity index (χ4n) is 1.74.